The summed E-state index contributed by atoms with van der Waals surface area (Å²) in [4.78, 5) is 23.8. The van der Waals surface area contributed by atoms with E-state index in [2.05, 4.69) is 15.0 Å². The Morgan fingerprint density at radius 3 is 2.95 bits per heavy atom. The first-order chi connectivity index (χ1) is 9.04. The van der Waals surface area contributed by atoms with Gasteiger partial charge >= 0.3 is 5.97 Å². The van der Waals surface area contributed by atoms with Gasteiger partial charge in [-0.3, -0.25) is 4.57 Å². The Morgan fingerprint density at radius 2 is 2.32 bits per heavy atom. The molecule has 3 rings (SSSR count). The average Bonchev–Trinajstić information content (AvgIpc) is 2.94. The number of carboxylic acids is 1. The number of carboxylic acid groups (broad SMARTS) is 1. The summed E-state index contributed by atoms with van der Waals surface area (Å²) in [5.41, 5.74) is 5.44. The van der Waals surface area contributed by atoms with Gasteiger partial charge in [0.2, 0.25) is 0 Å². The number of hydrogen-bond donors (Lipinski definition) is 2. The average molecular weight is 259 g/mol. The zero-order valence-corrected chi connectivity index (χ0v) is 10.3. The van der Waals surface area contributed by atoms with E-state index in [-0.39, 0.29) is 11.7 Å². The number of fused-ring (bicyclic) bond motifs is 1. The highest BCUT2D eigenvalue weighted by Gasteiger charge is 2.43. The van der Waals surface area contributed by atoms with Crippen LogP contribution in [0.4, 0.5) is 5.82 Å². The first kappa shape index (κ1) is 11.6. The van der Waals surface area contributed by atoms with Crippen molar-refractivity contribution in [3.63, 3.8) is 0 Å². The molecule has 0 saturated carbocycles. The number of imidazole rings is 1. The van der Waals surface area contributed by atoms with E-state index in [0.717, 1.165) is 0 Å². The van der Waals surface area contributed by atoms with Crippen LogP contribution in [-0.4, -0.2) is 30.6 Å². The maximum absolute atomic E-state index is 11.7. The summed E-state index contributed by atoms with van der Waals surface area (Å²) in [5, 5.41) is 9.61. The predicted octanol–water partition coefficient (Wildman–Crippen LogP) is 0.784. The third kappa shape index (κ3) is 1.51. The van der Waals surface area contributed by atoms with E-state index >= 15 is 0 Å². The highest BCUT2D eigenvalue weighted by Crippen LogP contribution is 2.36. The predicted molar refractivity (Wildman–Crippen MR) is 68.3 cm³/mol. The maximum Gasteiger partial charge on any atom is 0.334 e. The zero-order valence-electron chi connectivity index (χ0n) is 10.3. The van der Waals surface area contributed by atoms with Crippen molar-refractivity contribution in [2.75, 3.05) is 5.73 Å². The molecule has 1 aliphatic rings. The minimum absolute atomic E-state index is 0.188. The molecule has 0 amide bonds. The van der Waals surface area contributed by atoms with Gasteiger partial charge in [0.1, 0.15) is 11.8 Å². The normalized spacial score (nSPS) is 26.1. The second-order valence-electron chi connectivity index (χ2n) is 4.82. The third-order valence-electron chi connectivity index (χ3n) is 3.50. The van der Waals surface area contributed by atoms with Gasteiger partial charge in [-0.25, -0.2) is 19.7 Å². The molecule has 0 fully saturated rings. The SMILES string of the molecule is C[C@H]1C=C[C@@](C(=O)O)(n2cnc3c(N)ncnc32)C1. The van der Waals surface area contributed by atoms with Crippen LogP contribution in [0, 0.1) is 5.92 Å². The van der Waals surface area contributed by atoms with Crippen molar-refractivity contribution in [1.29, 1.82) is 0 Å². The summed E-state index contributed by atoms with van der Waals surface area (Å²) in [6.45, 7) is 1.98. The molecule has 2 aromatic heterocycles. The van der Waals surface area contributed by atoms with Gasteiger partial charge in [-0.05, 0) is 12.3 Å². The maximum atomic E-state index is 11.7. The lowest BCUT2D eigenvalue weighted by atomic mass is 9.95. The van der Waals surface area contributed by atoms with E-state index < -0.39 is 11.5 Å². The molecular formula is C12H13N5O2. The van der Waals surface area contributed by atoms with Crippen LogP contribution in [0.15, 0.2) is 24.8 Å². The van der Waals surface area contributed by atoms with E-state index in [0.29, 0.717) is 17.6 Å². The van der Waals surface area contributed by atoms with Gasteiger partial charge in [0.05, 0.1) is 6.33 Å². The van der Waals surface area contributed by atoms with Crippen molar-refractivity contribution in [3.8, 4) is 0 Å². The van der Waals surface area contributed by atoms with Gasteiger partial charge in [0.15, 0.2) is 17.0 Å². The van der Waals surface area contributed by atoms with Gasteiger partial charge in [0, 0.05) is 0 Å². The fourth-order valence-electron chi connectivity index (χ4n) is 2.54. The number of aliphatic carboxylic acids is 1. The molecule has 0 radical (unpaired) electrons. The van der Waals surface area contributed by atoms with Crippen LogP contribution >= 0.6 is 0 Å². The number of nitrogens with two attached hydrogens (primary N) is 1. The Labute approximate surface area is 108 Å². The van der Waals surface area contributed by atoms with E-state index in [1.807, 2.05) is 13.0 Å². The van der Waals surface area contributed by atoms with Gasteiger partial charge in [0.25, 0.3) is 0 Å². The summed E-state index contributed by atoms with van der Waals surface area (Å²) >= 11 is 0. The van der Waals surface area contributed by atoms with Gasteiger partial charge < -0.3 is 10.8 Å². The second kappa shape index (κ2) is 3.78. The minimum atomic E-state index is -1.14. The van der Waals surface area contributed by atoms with Crippen LogP contribution in [0.3, 0.4) is 0 Å². The van der Waals surface area contributed by atoms with E-state index in [1.165, 1.54) is 12.7 Å². The van der Waals surface area contributed by atoms with Crippen LogP contribution in [0.1, 0.15) is 13.3 Å². The molecule has 0 unspecified atom stereocenters. The number of carbonyl (C=O) groups is 1. The zero-order chi connectivity index (χ0) is 13.6. The summed E-state index contributed by atoms with van der Waals surface area (Å²) < 4.78 is 1.56. The van der Waals surface area contributed by atoms with Crippen LogP contribution in [0.25, 0.3) is 11.2 Å². The van der Waals surface area contributed by atoms with E-state index in [1.54, 1.807) is 10.6 Å². The molecule has 98 valence electrons. The minimum Gasteiger partial charge on any atom is -0.479 e. The molecule has 7 nitrogen and oxygen atoms in total. The number of allylic oxidation sites excluding steroid dienone is 1. The highest BCUT2D eigenvalue weighted by atomic mass is 16.4. The number of rotatable bonds is 2. The molecule has 1 aliphatic carbocycles. The molecule has 0 saturated heterocycles. The van der Waals surface area contributed by atoms with Crippen LogP contribution in [-0.2, 0) is 10.3 Å². The van der Waals surface area contributed by atoms with Crippen molar-refractivity contribution >= 4 is 23.0 Å². The molecule has 2 atom stereocenters. The fourth-order valence-corrected chi connectivity index (χ4v) is 2.54. The van der Waals surface area contributed by atoms with E-state index in [9.17, 15) is 9.90 Å². The number of nitrogen functional groups attached to an aromatic ring is 1. The van der Waals surface area contributed by atoms with Crippen molar-refractivity contribution in [3.05, 3.63) is 24.8 Å². The van der Waals surface area contributed by atoms with Crippen LogP contribution in [0.2, 0.25) is 0 Å². The van der Waals surface area contributed by atoms with Crippen molar-refractivity contribution in [1.82, 2.24) is 19.5 Å². The lowest BCUT2D eigenvalue weighted by molar-refractivity contribution is -0.145. The summed E-state index contributed by atoms with van der Waals surface area (Å²) in [6.07, 6.45) is 6.83. The molecule has 0 spiro atoms. The standard InChI is InChI=1S/C12H13N5O2/c1-7-2-3-12(4-7,11(18)19)17-6-16-8-9(13)14-5-15-10(8)17/h2-3,5-7H,4H2,1H3,(H,18,19)(H2,13,14,15)/t7-,12+/m0/s1. The lowest BCUT2D eigenvalue weighted by Gasteiger charge is -2.25. The molecule has 2 heterocycles. The lowest BCUT2D eigenvalue weighted by Crippen LogP contribution is -2.38. The molecule has 0 aromatic carbocycles. The van der Waals surface area contributed by atoms with Gasteiger partial charge in [-0.15, -0.1) is 0 Å². The fraction of sp³-hybridized carbons (Fsp3) is 0.333. The Balaban J connectivity index is 2.26. The quantitative estimate of drug-likeness (QED) is 0.772. The number of hydrogen-bond acceptors (Lipinski definition) is 5. The summed E-state index contributed by atoms with van der Waals surface area (Å²) in [5.74, 6) is -0.489. The third-order valence-corrected chi connectivity index (χ3v) is 3.50. The van der Waals surface area contributed by atoms with Crippen LogP contribution in [0.5, 0.6) is 0 Å². The Hall–Kier alpha value is -2.44. The number of anilines is 1. The van der Waals surface area contributed by atoms with E-state index in [4.69, 9.17) is 5.73 Å². The molecule has 2 aromatic rings. The van der Waals surface area contributed by atoms with Gasteiger partial charge in [-0.2, -0.15) is 0 Å². The molecular weight excluding hydrogens is 246 g/mol. The number of aromatic nitrogens is 4. The van der Waals surface area contributed by atoms with Gasteiger partial charge in [-0.1, -0.05) is 19.1 Å². The molecule has 7 heteroatoms. The molecule has 3 N–H and O–H groups in total. The van der Waals surface area contributed by atoms with Crippen LogP contribution < -0.4 is 5.73 Å². The van der Waals surface area contributed by atoms with Crippen molar-refractivity contribution in [2.24, 2.45) is 5.92 Å². The van der Waals surface area contributed by atoms with Crippen molar-refractivity contribution < 1.29 is 9.90 Å². The Kier molecular flexibility index (Phi) is 2.31. The molecule has 0 aliphatic heterocycles. The Morgan fingerprint density at radius 1 is 1.53 bits per heavy atom. The summed E-state index contributed by atoms with van der Waals surface area (Å²) in [6, 6.07) is 0. The first-order valence-electron chi connectivity index (χ1n) is 5.91. The molecule has 19 heavy (non-hydrogen) atoms. The Bertz CT molecular complexity index is 692. The summed E-state index contributed by atoms with van der Waals surface area (Å²) in [7, 11) is 0. The first-order valence-corrected chi connectivity index (χ1v) is 5.91. The second-order valence-corrected chi connectivity index (χ2v) is 4.82. The largest absolute Gasteiger partial charge is 0.479 e. The monoisotopic (exact) mass is 259 g/mol. The molecule has 0 bridgehead atoms. The topological polar surface area (TPSA) is 107 Å². The number of nitrogens with zero attached hydrogens (tertiary/aromatic N) is 4. The van der Waals surface area contributed by atoms with Crippen molar-refractivity contribution in [2.45, 2.75) is 18.9 Å². The highest BCUT2D eigenvalue weighted by molar-refractivity contribution is 5.86. The smallest absolute Gasteiger partial charge is 0.334 e.